The third-order valence-corrected chi connectivity index (χ3v) is 1.38. The molecule has 1 aromatic rings. The normalized spacial score (nSPS) is 7.64. The van der Waals surface area contributed by atoms with Crippen LogP contribution in [0, 0.1) is 16.1 Å². The van der Waals surface area contributed by atoms with Crippen LogP contribution in [0.1, 0.15) is 0 Å². The smallest absolute Gasteiger partial charge is 0.196 e. The molecule has 5 nitrogen and oxygen atoms in total. The highest BCUT2D eigenvalue weighted by Crippen LogP contribution is 2.02. The average molecular weight is 210 g/mol. The van der Waals surface area contributed by atoms with Crippen molar-refractivity contribution in [2.75, 3.05) is 0 Å². The topological polar surface area (TPSA) is 106 Å². The Morgan fingerprint density at radius 3 is 2.29 bits per heavy atom. The maximum atomic E-state index is 8.63. The van der Waals surface area contributed by atoms with Crippen molar-refractivity contribution in [1.29, 1.82) is 10.7 Å². The zero-order valence-corrected chi connectivity index (χ0v) is 8.08. The van der Waals surface area contributed by atoms with E-state index < -0.39 is 0 Å². The molecule has 0 aliphatic rings. The lowest BCUT2D eigenvalue weighted by atomic mass is 10.3. The van der Waals surface area contributed by atoms with Crippen LogP contribution in [0.25, 0.3) is 0 Å². The summed E-state index contributed by atoms with van der Waals surface area (Å²) in [7, 11) is 0. The minimum absolute atomic E-state index is 0.202. The summed E-state index contributed by atoms with van der Waals surface area (Å²) < 4.78 is 2.21. The van der Waals surface area contributed by atoms with Crippen molar-refractivity contribution in [1.82, 2.24) is 4.72 Å². The predicted octanol–water partition coefficient (Wildman–Crippen LogP) is 0.991. The Labute approximate surface area is 86.2 Å². The van der Waals surface area contributed by atoms with E-state index in [2.05, 4.69) is 4.72 Å². The molecule has 5 N–H and O–H groups in total. The van der Waals surface area contributed by atoms with Gasteiger partial charge in [-0.05, 0) is 12.1 Å². The van der Waals surface area contributed by atoms with Gasteiger partial charge in [0.1, 0.15) is 5.75 Å². The molecule has 0 saturated heterocycles. The predicted molar refractivity (Wildman–Crippen MR) is 56.4 cm³/mol. The molecule has 1 rings (SSSR count). The monoisotopic (exact) mass is 210 g/mol. The number of guanidine groups is 1. The molecule has 0 unspecified atom stereocenters. The van der Waals surface area contributed by atoms with Crippen LogP contribution in [0.5, 0.6) is 5.75 Å². The summed E-state index contributed by atoms with van der Waals surface area (Å²) in [6.45, 7) is 0. The van der Waals surface area contributed by atoms with Gasteiger partial charge in [0, 0.05) is 0 Å². The molecule has 0 aromatic heterocycles. The van der Waals surface area contributed by atoms with Crippen molar-refractivity contribution >= 4 is 17.9 Å². The molecule has 0 atom stereocenters. The summed E-state index contributed by atoms with van der Waals surface area (Å²) in [5.74, 6) is 0.119. The highest BCUT2D eigenvalue weighted by atomic mass is 32.2. The lowest BCUT2D eigenvalue weighted by Crippen LogP contribution is -2.23. The van der Waals surface area contributed by atoms with Gasteiger partial charge in [0.15, 0.2) is 11.4 Å². The molecule has 0 aliphatic carbocycles. The Kier molecular flexibility index (Phi) is 6.73. The molecule has 0 fully saturated rings. The van der Waals surface area contributed by atoms with Gasteiger partial charge in [0.05, 0.1) is 11.9 Å². The third-order valence-electron chi connectivity index (χ3n) is 0.963. The number of nitrogens with zero attached hydrogens (tertiary/aromatic N) is 1. The first-order valence-electron chi connectivity index (χ1n) is 3.55. The number of nitrogens with two attached hydrogens (primary N) is 1. The Hall–Kier alpha value is -1.87. The van der Waals surface area contributed by atoms with Crippen LogP contribution in [-0.4, -0.2) is 11.1 Å². The van der Waals surface area contributed by atoms with E-state index in [0.29, 0.717) is 5.75 Å². The SMILES string of the molecule is N#CSNC(=N)N.Oc1ccccc1. The van der Waals surface area contributed by atoms with Crippen molar-refractivity contribution in [2.24, 2.45) is 5.73 Å². The number of nitriles is 1. The fraction of sp³-hybridized carbons (Fsp3) is 0. The van der Waals surface area contributed by atoms with Crippen molar-refractivity contribution in [3.63, 3.8) is 0 Å². The van der Waals surface area contributed by atoms with Crippen LogP contribution < -0.4 is 10.5 Å². The van der Waals surface area contributed by atoms with E-state index in [1.807, 2.05) is 6.07 Å². The zero-order chi connectivity index (χ0) is 10.8. The lowest BCUT2D eigenvalue weighted by molar-refractivity contribution is 0.475. The number of nitrogens with one attached hydrogen (secondary N) is 2. The summed E-state index contributed by atoms with van der Waals surface area (Å²) in [6.07, 6.45) is 0. The van der Waals surface area contributed by atoms with Crippen LogP contribution in [0.3, 0.4) is 0 Å². The quantitative estimate of drug-likeness (QED) is 0.239. The van der Waals surface area contributed by atoms with Crippen LogP contribution in [0.2, 0.25) is 0 Å². The second kappa shape index (κ2) is 7.76. The largest absolute Gasteiger partial charge is 0.508 e. The molecule has 0 aliphatic heterocycles. The first-order valence-corrected chi connectivity index (χ1v) is 4.37. The second-order valence-electron chi connectivity index (χ2n) is 2.04. The minimum atomic E-state index is -0.202. The number of aromatic hydroxyl groups is 1. The number of hydrogen-bond acceptors (Lipinski definition) is 4. The van der Waals surface area contributed by atoms with E-state index in [9.17, 15) is 0 Å². The zero-order valence-electron chi connectivity index (χ0n) is 7.27. The Morgan fingerprint density at radius 2 is 2.07 bits per heavy atom. The third kappa shape index (κ3) is 8.23. The molecule has 0 heterocycles. The lowest BCUT2D eigenvalue weighted by Gasteiger charge is -1.89. The van der Waals surface area contributed by atoms with E-state index in [4.69, 9.17) is 21.5 Å². The van der Waals surface area contributed by atoms with Gasteiger partial charge < -0.3 is 10.8 Å². The van der Waals surface area contributed by atoms with Gasteiger partial charge in [-0.2, -0.15) is 5.26 Å². The number of hydrogen-bond donors (Lipinski definition) is 4. The maximum Gasteiger partial charge on any atom is 0.196 e. The Bertz CT molecular complexity index is 309. The van der Waals surface area contributed by atoms with Crippen molar-refractivity contribution in [2.45, 2.75) is 0 Å². The van der Waals surface area contributed by atoms with E-state index in [-0.39, 0.29) is 5.96 Å². The van der Waals surface area contributed by atoms with Crippen LogP contribution in [0.4, 0.5) is 0 Å². The summed E-state index contributed by atoms with van der Waals surface area (Å²) in [4.78, 5) is 0. The Morgan fingerprint density at radius 1 is 1.50 bits per heavy atom. The van der Waals surface area contributed by atoms with Gasteiger partial charge in [-0.3, -0.25) is 10.1 Å². The molecule has 0 radical (unpaired) electrons. The highest BCUT2D eigenvalue weighted by Gasteiger charge is 1.80. The van der Waals surface area contributed by atoms with Gasteiger partial charge in [-0.15, -0.1) is 0 Å². The summed E-state index contributed by atoms with van der Waals surface area (Å²) in [5.41, 5.74) is 4.78. The first-order chi connectivity index (χ1) is 6.66. The molecular formula is C8H10N4OS. The van der Waals surface area contributed by atoms with Crippen molar-refractivity contribution in [3.8, 4) is 11.2 Å². The van der Waals surface area contributed by atoms with Crippen LogP contribution >= 0.6 is 11.9 Å². The fourth-order valence-corrected chi connectivity index (χ4v) is 0.661. The van der Waals surface area contributed by atoms with E-state index in [1.54, 1.807) is 29.7 Å². The van der Waals surface area contributed by atoms with Gasteiger partial charge in [0.2, 0.25) is 0 Å². The summed E-state index contributed by atoms with van der Waals surface area (Å²) in [5, 5.41) is 24.6. The molecule has 0 saturated carbocycles. The molecule has 0 spiro atoms. The molecule has 0 amide bonds. The van der Waals surface area contributed by atoms with E-state index >= 15 is 0 Å². The number of phenolic OH excluding ortho intramolecular Hbond substituents is 1. The molecular weight excluding hydrogens is 200 g/mol. The molecule has 1 aromatic carbocycles. The number of para-hydroxylation sites is 1. The van der Waals surface area contributed by atoms with E-state index in [1.165, 1.54) is 0 Å². The van der Waals surface area contributed by atoms with Crippen molar-refractivity contribution in [3.05, 3.63) is 30.3 Å². The van der Waals surface area contributed by atoms with Crippen molar-refractivity contribution < 1.29 is 5.11 Å². The fourth-order valence-electron chi connectivity index (χ4n) is 0.506. The van der Waals surface area contributed by atoms with Gasteiger partial charge in [-0.25, -0.2) is 0 Å². The van der Waals surface area contributed by atoms with Crippen LogP contribution in [-0.2, 0) is 0 Å². The second-order valence-corrected chi connectivity index (χ2v) is 2.64. The number of benzene rings is 1. The summed E-state index contributed by atoms with van der Waals surface area (Å²) >= 11 is 0.722. The van der Waals surface area contributed by atoms with Gasteiger partial charge in [-0.1, -0.05) is 18.2 Å². The maximum absolute atomic E-state index is 8.63. The average Bonchev–Trinajstić information content (AvgIpc) is 2.17. The Balaban J connectivity index is 0.000000241. The molecule has 6 heteroatoms. The number of thiocyanates is 1. The number of phenols is 1. The number of rotatable bonds is 1. The first kappa shape index (κ1) is 12.1. The molecule has 14 heavy (non-hydrogen) atoms. The van der Waals surface area contributed by atoms with Crippen LogP contribution in [0.15, 0.2) is 30.3 Å². The van der Waals surface area contributed by atoms with Gasteiger partial charge >= 0.3 is 0 Å². The van der Waals surface area contributed by atoms with Gasteiger partial charge in [0.25, 0.3) is 0 Å². The van der Waals surface area contributed by atoms with E-state index in [0.717, 1.165) is 11.9 Å². The summed E-state index contributed by atoms with van der Waals surface area (Å²) in [6, 6.07) is 8.71. The standard InChI is InChI=1S/C6H6O.C2H4N4S/c7-6-4-2-1-3-5-6;3-1-7-6-2(4)5/h1-5,7H;(H4,4,5,6). The highest BCUT2D eigenvalue weighted by molar-refractivity contribution is 8.02. The molecule has 74 valence electrons. The molecule has 0 bridgehead atoms. The minimum Gasteiger partial charge on any atom is -0.508 e.